The third kappa shape index (κ3) is 3.08. The third-order valence-electron chi connectivity index (χ3n) is 3.93. The van der Waals surface area contributed by atoms with Gasteiger partial charge in [-0.3, -0.25) is 0 Å². The van der Waals surface area contributed by atoms with E-state index in [1.807, 2.05) is 66.7 Å². The van der Waals surface area contributed by atoms with E-state index in [9.17, 15) is 0 Å². The van der Waals surface area contributed by atoms with Gasteiger partial charge >= 0.3 is 0 Å². The average molecular weight is 299 g/mol. The molecule has 3 heteroatoms. The van der Waals surface area contributed by atoms with E-state index in [4.69, 9.17) is 16.7 Å². The fraction of sp³-hybridized carbons (Fsp3) is 0.0500. The number of para-hydroxylation sites is 1. The smallest absolute Gasteiger partial charge is 0.0991 e. The largest absolute Gasteiger partial charge is 0.398 e. The first-order valence-corrected chi connectivity index (χ1v) is 7.39. The fourth-order valence-corrected chi connectivity index (χ4v) is 2.62. The van der Waals surface area contributed by atoms with Gasteiger partial charge in [0.15, 0.2) is 0 Å². The molecule has 0 bridgehead atoms. The van der Waals surface area contributed by atoms with Gasteiger partial charge in [0, 0.05) is 5.69 Å². The molecule has 0 heterocycles. The third-order valence-corrected chi connectivity index (χ3v) is 3.93. The van der Waals surface area contributed by atoms with Gasteiger partial charge < -0.3 is 11.5 Å². The van der Waals surface area contributed by atoms with Crippen LogP contribution in [0.3, 0.4) is 0 Å². The van der Waals surface area contributed by atoms with Gasteiger partial charge in [0.1, 0.15) is 0 Å². The molecule has 0 fully saturated rings. The molecule has 3 nitrogen and oxygen atoms in total. The van der Waals surface area contributed by atoms with Crippen LogP contribution in [0.2, 0.25) is 0 Å². The number of nitrogens with zero attached hydrogens (tertiary/aromatic N) is 1. The maximum absolute atomic E-state index is 9.00. The average Bonchev–Trinajstić information content (AvgIpc) is 2.62. The summed E-state index contributed by atoms with van der Waals surface area (Å²) in [4.78, 5) is 0. The highest BCUT2D eigenvalue weighted by Gasteiger charge is 2.11. The van der Waals surface area contributed by atoms with Crippen LogP contribution in [0.5, 0.6) is 0 Å². The minimum atomic E-state index is -0.254. The molecule has 0 amide bonds. The summed E-state index contributed by atoms with van der Waals surface area (Å²) < 4.78 is 0. The van der Waals surface area contributed by atoms with Crippen molar-refractivity contribution in [3.8, 4) is 17.2 Å². The van der Waals surface area contributed by atoms with E-state index in [1.165, 1.54) is 0 Å². The molecule has 1 unspecified atom stereocenters. The summed E-state index contributed by atoms with van der Waals surface area (Å²) >= 11 is 0. The zero-order valence-corrected chi connectivity index (χ0v) is 12.6. The van der Waals surface area contributed by atoms with Crippen LogP contribution in [0.1, 0.15) is 22.7 Å². The molecule has 0 saturated carbocycles. The molecule has 0 spiro atoms. The Hall–Kier alpha value is -3.09. The summed E-state index contributed by atoms with van der Waals surface area (Å²) in [5.41, 5.74) is 17.7. The molecule has 3 rings (SSSR count). The molecule has 112 valence electrons. The van der Waals surface area contributed by atoms with E-state index in [2.05, 4.69) is 6.07 Å². The van der Waals surface area contributed by atoms with Gasteiger partial charge in [-0.1, -0.05) is 54.6 Å². The Bertz CT molecular complexity index is 861. The van der Waals surface area contributed by atoms with Crippen LogP contribution in [0.4, 0.5) is 5.69 Å². The summed E-state index contributed by atoms with van der Waals surface area (Å²) in [5.74, 6) is 0. The molecular weight excluding hydrogens is 282 g/mol. The van der Waals surface area contributed by atoms with Crippen molar-refractivity contribution < 1.29 is 0 Å². The van der Waals surface area contributed by atoms with Crippen molar-refractivity contribution in [3.63, 3.8) is 0 Å². The number of anilines is 1. The molecule has 0 saturated heterocycles. The van der Waals surface area contributed by atoms with Gasteiger partial charge in [-0.2, -0.15) is 5.26 Å². The van der Waals surface area contributed by atoms with E-state index in [-0.39, 0.29) is 6.04 Å². The molecule has 4 N–H and O–H groups in total. The second-order valence-corrected chi connectivity index (χ2v) is 5.42. The van der Waals surface area contributed by atoms with Crippen molar-refractivity contribution in [1.29, 1.82) is 5.26 Å². The number of nitrogen functional groups attached to an aromatic ring is 1. The molecule has 0 aliphatic rings. The predicted molar refractivity (Wildman–Crippen MR) is 93.5 cm³/mol. The molecule has 0 aliphatic heterocycles. The molecule has 3 aromatic carbocycles. The minimum absolute atomic E-state index is 0.254. The van der Waals surface area contributed by atoms with Crippen LogP contribution in [0.15, 0.2) is 72.8 Å². The van der Waals surface area contributed by atoms with Gasteiger partial charge in [0.2, 0.25) is 0 Å². The first-order valence-electron chi connectivity index (χ1n) is 7.39. The Kier molecular flexibility index (Phi) is 4.09. The highest BCUT2D eigenvalue weighted by Crippen LogP contribution is 2.27. The lowest BCUT2D eigenvalue weighted by molar-refractivity contribution is 0.875. The maximum atomic E-state index is 9.00. The van der Waals surface area contributed by atoms with E-state index >= 15 is 0 Å². The molecule has 0 aromatic heterocycles. The van der Waals surface area contributed by atoms with Crippen LogP contribution in [-0.2, 0) is 0 Å². The van der Waals surface area contributed by atoms with Crippen molar-refractivity contribution in [2.24, 2.45) is 5.73 Å². The lowest BCUT2D eigenvalue weighted by atomic mass is 9.95. The van der Waals surface area contributed by atoms with Crippen LogP contribution < -0.4 is 11.5 Å². The zero-order chi connectivity index (χ0) is 16.2. The summed E-state index contributed by atoms with van der Waals surface area (Å²) in [6.07, 6.45) is 0. The molecule has 0 aliphatic carbocycles. The number of nitriles is 1. The number of rotatable bonds is 3. The lowest BCUT2D eigenvalue weighted by Gasteiger charge is -2.15. The summed E-state index contributed by atoms with van der Waals surface area (Å²) in [6, 6.07) is 25.2. The summed E-state index contributed by atoms with van der Waals surface area (Å²) in [7, 11) is 0. The van der Waals surface area contributed by atoms with Crippen LogP contribution in [0, 0.1) is 11.3 Å². The SMILES string of the molecule is N#Cc1cccc(-c2ccc(C(N)c3ccccc3N)cc2)c1. The molecule has 1 atom stereocenters. The Balaban J connectivity index is 1.90. The quantitative estimate of drug-likeness (QED) is 0.721. The normalized spacial score (nSPS) is 11.7. The van der Waals surface area contributed by atoms with Crippen LogP contribution in [0.25, 0.3) is 11.1 Å². The second kappa shape index (κ2) is 6.35. The van der Waals surface area contributed by atoms with E-state index < -0.39 is 0 Å². The fourth-order valence-electron chi connectivity index (χ4n) is 2.62. The van der Waals surface area contributed by atoms with Crippen molar-refractivity contribution >= 4 is 5.69 Å². The highest BCUT2D eigenvalue weighted by molar-refractivity contribution is 5.65. The zero-order valence-electron chi connectivity index (χ0n) is 12.6. The molecule has 3 aromatic rings. The first-order chi connectivity index (χ1) is 11.2. The Morgan fingerprint density at radius 2 is 1.57 bits per heavy atom. The number of benzene rings is 3. The summed E-state index contributed by atoms with van der Waals surface area (Å²) in [5, 5.41) is 9.00. The van der Waals surface area contributed by atoms with Crippen molar-refractivity contribution in [3.05, 3.63) is 89.5 Å². The number of nitrogens with two attached hydrogens (primary N) is 2. The number of hydrogen-bond donors (Lipinski definition) is 2. The van der Waals surface area contributed by atoms with Gasteiger partial charge in [0.05, 0.1) is 17.7 Å². The standard InChI is InChI=1S/C20H17N3/c21-13-14-4-3-5-17(12-14)15-8-10-16(11-9-15)20(23)18-6-1-2-7-19(18)22/h1-12,20H,22-23H2. The van der Waals surface area contributed by atoms with E-state index in [1.54, 1.807) is 6.07 Å². The highest BCUT2D eigenvalue weighted by atomic mass is 14.7. The number of hydrogen-bond acceptors (Lipinski definition) is 3. The van der Waals surface area contributed by atoms with Gasteiger partial charge in [-0.25, -0.2) is 0 Å². The van der Waals surface area contributed by atoms with Crippen molar-refractivity contribution in [2.45, 2.75) is 6.04 Å². The minimum Gasteiger partial charge on any atom is -0.398 e. The Morgan fingerprint density at radius 3 is 2.26 bits per heavy atom. The second-order valence-electron chi connectivity index (χ2n) is 5.42. The Morgan fingerprint density at radius 1 is 0.826 bits per heavy atom. The van der Waals surface area contributed by atoms with Crippen LogP contribution >= 0.6 is 0 Å². The molecule has 0 radical (unpaired) electrons. The lowest BCUT2D eigenvalue weighted by Crippen LogP contribution is -2.13. The predicted octanol–water partition coefficient (Wildman–Crippen LogP) is 3.86. The van der Waals surface area contributed by atoms with E-state index in [0.717, 1.165) is 22.3 Å². The van der Waals surface area contributed by atoms with Crippen LogP contribution in [-0.4, -0.2) is 0 Å². The van der Waals surface area contributed by atoms with Crippen molar-refractivity contribution in [2.75, 3.05) is 5.73 Å². The van der Waals surface area contributed by atoms with Gasteiger partial charge in [0.25, 0.3) is 0 Å². The van der Waals surface area contributed by atoms with Gasteiger partial charge in [-0.15, -0.1) is 0 Å². The van der Waals surface area contributed by atoms with Gasteiger partial charge in [-0.05, 0) is 40.5 Å². The molecule has 23 heavy (non-hydrogen) atoms. The van der Waals surface area contributed by atoms with Crippen molar-refractivity contribution in [1.82, 2.24) is 0 Å². The topological polar surface area (TPSA) is 75.8 Å². The van der Waals surface area contributed by atoms with E-state index in [0.29, 0.717) is 11.3 Å². The Labute approximate surface area is 135 Å². The first kappa shape index (κ1) is 14.8. The summed E-state index contributed by atoms with van der Waals surface area (Å²) in [6.45, 7) is 0. The maximum Gasteiger partial charge on any atom is 0.0991 e. The molecular formula is C20H17N3. The monoisotopic (exact) mass is 299 g/mol.